The highest BCUT2D eigenvalue weighted by molar-refractivity contribution is 5.90. The van der Waals surface area contributed by atoms with E-state index in [0.717, 1.165) is 0 Å². The third-order valence-corrected chi connectivity index (χ3v) is 3.10. The maximum absolute atomic E-state index is 11.5. The molecule has 2 aromatic carbocycles. The molecule has 0 fully saturated rings. The van der Waals surface area contributed by atoms with Crippen LogP contribution in [0.15, 0.2) is 42.5 Å². The van der Waals surface area contributed by atoms with Crippen LogP contribution in [-0.2, 0) is 11.3 Å². The Bertz CT molecular complexity index is 728. The van der Waals surface area contributed by atoms with Crippen LogP contribution in [0.1, 0.15) is 15.9 Å². The van der Waals surface area contributed by atoms with Crippen molar-refractivity contribution in [3.05, 3.63) is 63.7 Å². The minimum Gasteiger partial charge on any atom is -0.493 e. The molecule has 7 heteroatoms. The fourth-order valence-electron chi connectivity index (χ4n) is 1.95. The summed E-state index contributed by atoms with van der Waals surface area (Å²) >= 11 is 0. The second kappa shape index (κ2) is 7.26. The minimum absolute atomic E-state index is 0.000829. The molecule has 0 spiro atoms. The average Bonchev–Trinajstić information content (AvgIpc) is 2.59. The van der Waals surface area contributed by atoms with Crippen LogP contribution >= 0.6 is 0 Å². The predicted molar refractivity (Wildman–Crippen MR) is 81.8 cm³/mol. The summed E-state index contributed by atoms with van der Waals surface area (Å²) in [5.41, 5.74) is 0.990. The largest absolute Gasteiger partial charge is 0.493 e. The SMILES string of the molecule is COC(=O)c1ccc(OCc2cccc([N+](=O)[O-])c2)c(OC)c1. The van der Waals surface area contributed by atoms with Crippen LogP contribution in [0.3, 0.4) is 0 Å². The van der Waals surface area contributed by atoms with Gasteiger partial charge in [0, 0.05) is 12.1 Å². The van der Waals surface area contributed by atoms with Gasteiger partial charge in [-0.25, -0.2) is 4.79 Å². The van der Waals surface area contributed by atoms with Gasteiger partial charge < -0.3 is 14.2 Å². The molecule has 0 amide bonds. The molecule has 0 atom stereocenters. The molecule has 120 valence electrons. The number of nitro groups is 1. The van der Waals surface area contributed by atoms with E-state index >= 15 is 0 Å². The van der Waals surface area contributed by atoms with Gasteiger partial charge in [0.2, 0.25) is 0 Å². The number of carbonyl (C=O) groups excluding carboxylic acids is 1. The Morgan fingerprint density at radius 2 is 1.91 bits per heavy atom. The first-order valence-electron chi connectivity index (χ1n) is 6.67. The van der Waals surface area contributed by atoms with Gasteiger partial charge in [-0.05, 0) is 23.8 Å². The van der Waals surface area contributed by atoms with Crippen molar-refractivity contribution in [3.63, 3.8) is 0 Å². The normalized spacial score (nSPS) is 10.0. The Balaban J connectivity index is 2.15. The lowest BCUT2D eigenvalue weighted by atomic mass is 10.2. The zero-order valence-electron chi connectivity index (χ0n) is 12.6. The van der Waals surface area contributed by atoms with Gasteiger partial charge in [-0.3, -0.25) is 10.1 Å². The lowest BCUT2D eigenvalue weighted by Gasteiger charge is -2.11. The molecule has 0 radical (unpaired) electrons. The fourth-order valence-corrected chi connectivity index (χ4v) is 1.95. The quantitative estimate of drug-likeness (QED) is 0.462. The van der Waals surface area contributed by atoms with Gasteiger partial charge in [-0.2, -0.15) is 0 Å². The number of nitro benzene ring substituents is 1. The highest BCUT2D eigenvalue weighted by Gasteiger charge is 2.12. The number of ether oxygens (including phenoxy) is 3. The number of carbonyl (C=O) groups is 1. The summed E-state index contributed by atoms with van der Waals surface area (Å²) in [4.78, 5) is 21.8. The number of methoxy groups -OCH3 is 2. The van der Waals surface area contributed by atoms with Gasteiger partial charge in [-0.15, -0.1) is 0 Å². The molecule has 0 N–H and O–H groups in total. The van der Waals surface area contributed by atoms with E-state index in [2.05, 4.69) is 4.74 Å². The summed E-state index contributed by atoms with van der Waals surface area (Å²) in [6, 6.07) is 10.8. The molecule has 0 aliphatic heterocycles. The zero-order valence-corrected chi connectivity index (χ0v) is 12.6. The van der Waals surface area contributed by atoms with E-state index in [0.29, 0.717) is 22.6 Å². The second-order valence-electron chi connectivity index (χ2n) is 4.57. The van der Waals surface area contributed by atoms with Crippen molar-refractivity contribution in [2.75, 3.05) is 14.2 Å². The van der Waals surface area contributed by atoms with Crippen LogP contribution in [0, 0.1) is 10.1 Å². The molecule has 0 aliphatic carbocycles. The smallest absolute Gasteiger partial charge is 0.337 e. The van der Waals surface area contributed by atoms with Crippen molar-refractivity contribution in [1.82, 2.24) is 0 Å². The van der Waals surface area contributed by atoms with Crippen LogP contribution in [0.2, 0.25) is 0 Å². The molecular weight excluding hydrogens is 302 g/mol. The first kappa shape index (κ1) is 16.3. The van der Waals surface area contributed by atoms with Gasteiger partial charge in [0.25, 0.3) is 5.69 Å². The van der Waals surface area contributed by atoms with Crippen molar-refractivity contribution >= 4 is 11.7 Å². The van der Waals surface area contributed by atoms with Gasteiger partial charge in [0.05, 0.1) is 24.7 Å². The number of esters is 1. The molecule has 7 nitrogen and oxygen atoms in total. The second-order valence-corrected chi connectivity index (χ2v) is 4.57. The first-order chi connectivity index (χ1) is 11.0. The van der Waals surface area contributed by atoms with E-state index < -0.39 is 10.9 Å². The summed E-state index contributed by atoms with van der Waals surface area (Å²) in [7, 11) is 2.75. The van der Waals surface area contributed by atoms with Crippen LogP contribution in [0.5, 0.6) is 11.5 Å². The van der Waals surface area contributed by atoms with Crippen molar-refractivity contribution in [2.45, 2.75) is 6.61 Å². The fraction of sp³-hybridized carbons (Fsp3) is 0.188. The molecular formula is C16H15NO6. The van der Waals surface area contributed by atoms with E-state index in [1.54, 1.807) is 24.3 Å². The molecule has 2 rings (SSSR count). The lowest BCUT2D eigenvalue weighted by Crippen LogP contribution is -2.03. The van der Waals surface area contributed by atoms with E-state index in [1.165, 1.54) is 32.4 Å². The van der Waals surface area contributed by atoms with E-state index in [9.17, 15) is 14.9 Å². The highest BCUT2D eigenvalue weighted by Crippen LogP contribution is 2.29. The van der Waals surface area contributed by atoms with Crippen LogP contribution in [-0.4, -0.2) is 25.1 Å². The number of hydrogen-bond acceptors (Lipinski definition) is 6. The van der Waals surface area contributed by atoms with Crippen molar-refractivity contribution in [2.24, 2.45) is 0 Å². The van der Waals surface area contributed by atoms with Crippen LogP contribution < -0.4 is 9.47 Å². The molecule has 0 unspecified atom stereocenters. The molecule has 0 saturated carbocycles. The Morgan fingerprint density at radius 1 is 1.13 bits per heavy atom. The lowest BCUT2D eigenvalue weighted by molar-refractivity contribution is -0.384. The van der Waals surface area contributed by atoms with Crippen LogP contribution in [0.4, 0.5) is 5.69 Å². The number of non-ortho nitro benzene ring substituents is 1. The first-order valence-corrected chi connectivity index (χ1v) is 6.67. The van der Waals surface area contributed by atoms with Gasteiger partial charge in [0.1, 0.15) is 6.61 Å². The minimum atomic E-state index is -0.478. The Hall–Kier alpha value is -3.09. The van der Waals surface area contributed by atoms with Crippen molar-refractivity contribution in [3.8, 4) is 11.5 Å². The topological polar surface area (TPSA) is 87.9 Å². The standard InChI is InChI=1S/C16H15NO6/c1-21-15-9-12(16(18)22-2)6-7-14(15)23-10-11-4-3-5-13(8-11)17(19)20/h3-9H,10H2,1-2H3. The Kier molecular flexibility index (Phi) is 5.14. The Morgan fingerprint density at radius 3 is 2.57 bits per heavy atom. The molecule has 0 bridgehead atoms. The van der Waals surface area contributed by atoms with E-state index in [4.69, 9.17) is 9.47 Å². The summed E-state index contributed by atoms with van der Waals surface area (Å²) in [5.74, 6) is 0.318. The molecule has 23 heavy (non-hydrogen) atoms. The number of rotatable bonds is 6. The third-order valence-electron chi connectivity index (χ3n) is 3.10. The molecule has 2 aromatic rings. The molecule has 0 aliphatic rings. The maximum Gasteiger partial charge on any atom is 0.337 e. The van der Waals surface area contributed by atoms with E-state index in [1.807, 2.05) is 0 Å². The van der Waals surface area contributed by atoms with Gasteiger partial charge >= 0.3 is 5.97 Å². The van der Waals surface area contributed by atoms with Crippen LogP contribution in [0.25, 0.3) is 0 Å². The highest BCUT2D eigenvalue weighted by atomic mass is 16.6. The van der Waals surface area contributed by atoms with Crippen molar-refractivity contribution < 1.29 is 23.9 Å². The summed E-state index contributed by atoms with van der Waals surface area (Å²) in [6.07, 6.45) is 0. The molecule has 0 heterocycles. The van der Waals surface area contributed by atoms with Gasteiger partial charge in [-0.1, -0.05) is 12.1 Å². The third kappa shape index (κ3) is 3.97. The zero-order chi connectivity index (χ0) is 16.8. The molecule has 0 aromatic heterocycles. The molecule has 0 saturated heterocycles. The summed E-state index contributed by atoms with van der Waals surface area (Å²) in [5, 5.41) is 10.8. The van der Waals surface area contributed by atoms with Crippen molar-refractivity contribution in [1.29, 1.82) is 0 Å². The van der Waals surface area contributed by atoms with E-state index in [-0.39, 0.29) is 12.3 Å². The average molecular weight is 317 g/mol. The maximum atomic E-state index is 11.5. The number of hydrogen-bond donors (Lipinski definition) is 0. The Labute approximate surface area is 132 Å². The number of nitrogens with zero attached hydrogens (tertiary/aromatic N) is 1. The summed E-state index contributed by atoms with van der Waals surface area (Å²) in [6.45, 7) is 0.135. The predicted octanol–water partition coefficient (Wildman–Crippen LogP) is 2.97. The van der Waals surface area contributed by atoms with Gasteiger partial charge in [0.15, 0.2) is 11.5 Å². The summed E-state index contributed by atoms with van der Waals surface area (Å²) < 4.78 is 15.4. The monoisotopic (exact) mass is 317 g/mol. The number of benzene rings is 2.